The van der Waals surface area contributed by atoms with Gasteiger partial charge in [0.2, 0.25) is 5.91 Å². The minimum absolute atomic E-state index is 0.0726. The molecule has 2 rings (SSSR count). The van der Waals surface area contributed by atoms with E-state index in [4.69, 9.17) is 4.74 Å². The first kappa shape index (κ1) is 15.8. The van der Waals surface area contributed by atoms with Crippen molar-refractivity contribution in [3.8, 4) is 0 Å². The van der Waals surface area contributed by atoms with E-state index in [1.807, 2.05) is 0 Å². The average molecular weight is 292 g/mol. The summed E-state index contributed by atoms with van der Waals surface area (Å²) in [5, 5.41) is 2.82. The molecule has 0 aromatic carbocycles. The molecular weight excluding hydrogens is 268 g/mol. The molecule has 1 saturated carbocycles. The van der Waals surface area contributed by atoms with E-state index >= 15 is 0 Å². The lowest BCUT2D eigenvalue weighted by Gasteiger charge is -2.21. The fraction of sp³-hybridized carbons (Fsp3) is 0.625. The SMILES string of the molecule is O=C(Cn1ccccc1=O)NCCCOC1CCCCC1. The van der Waals surface area contributed by atoms with Crippen molar-refractivity contribution in [3.05, 3.63) is 34.7 Å². The zero-order valence-electron chi connectivity index (χ0n) is 12.4. The summed E-state index contributed by atoms with van der Waals surface area (Å²) in [5.74, 6) is -0.138. The number of aromatic nitrogens is 1. The van der Waals surface area contributed by atoms with Crippen LogP contribution < -0.4 is 10.9 Å². The number of carbonyl (C=O) groups is 1. The highest BCUT2D eigenvalue weighted by Gasteiger charge is 2.13. The molecule has 5 heteroatoms. The molecule has 116 valence electrons. The van der Waals surface area contributed by atoms with Gasteiger partial charge in [0.15, 0.2) is 0 Å². The molecule has 1 aromatic rings. The molecule has 0 atom stereocenters. The number of amides is 1. The Morgan fingerprint density at radius 3 is 2.86 bits per heavy atom. The number of nitrogens with one attached hydrogen (secondary N) is 1. The Hall–Kier alpha value is -1.62. The molecule has 0 bridgehead atoms. The number of nitrogens with zero attached hydrogens (tertiary/aromatic N) is 1. The Bertz CT molecular complexity index is 492. The van der Waals surface area contributed by atoms with E-state index in [0.29, 0.717) is 19.3 Å². The largest absolute Gasteiger partial charge is 0.378 e. The van der Waals surface area contributed by atoms with Crippen LogP contribution in [-0.2, 0) is 16.1 Å². The Balaban J connectivity index is 1.57. The van der Waals surface area contributed by atoms with Crippen molar-refractivity contribution in [3.63, 3.8) is 0 Å². The van der Waals surface area contributed by atoms with Crippen LogP contribution in [0.3, 0.4) is 0 Å². The fourth-order valence-electron chi connectivity index (χ4n) is 2.58. The van der Waals surface area contributed by atoms with Gasteiger partial charge in [0, 0.05) is 25.4 Å². The second-order valence-electron chi connectivity index (χ2n) is 5.50. The highest BCUT2D eigenvalue weighted by Crippen LogP contribution is 2.20. The van der Waals surface area contributed by atoms with Crippen LogP contribution in [0.4, 0.5) is 0 Å². The van der Waals surface area contributed by atoms with E-state index in [0.717, 1.165) is 6.42 Å². The van der Waals surface area contributed by atoms with Gasteiger partial charge in [-0.1, -0.05) is 25.3 Å². The first-order valence-corrected chi connectivity index (χ1v) is 7.79. The molecule has 0 unspecified atom stereocenters. The lowest BCUT2D eigenvalue weighted by Crippen LogP contribution is -2.32. The van der Waals surface area contributed by atoms with Crippen molar-refractivity contribution < 1.29 is 9.53 Å². The van der Waals surface area contributed by atoms with E-state index in [1.165, 1.54) is 42.7 Å². The van der Waals surface area contributed by atoms with Crippen LogP contribution in [0.5, 0.6) is 0 Å². The zero-order valence-corrected chi connectivity index (χ0v) is 12.4. The van der Waals surface area contributed by atoms with Crippen LogP contribution in [0, 0.1) is 0 Å². The molecule has 1 fully saturated rings. The predicted octanol–water partition coefficient (Wildman–Crippen LogP) is 1.70. The average Bonchev–Trinajstić information content (AvgIpc) is 2.50. The van der Waals surface area contributed by atoms with Crippen LogP contribution in [0.1, 0.15) is 38.5 Å². The highest BCUT2D eigenvalue weighted by atomic mass is 16.5. The number of hydrogen-bond donors (Lipinski definition) is 1. The molecule has 21 heavy (non-hydrogen) atoms. The van der Waals surface area contributed by atoms with E-state index in [1.54, 1.807) is 18.3 Å². The molecule has 1 aliphatic rings. The lowest BCUT2D eigenvalue weighted by molar-refractivity contribution is -0.121. The number of ether oxygens (including phenoxy) is 1. The minimum Gasteiger partial charge on any atom is -0.378 e. The van der Waals surface area contributed by atoms with Crippen molar-refractivity contribution >= 4 is 5.91 Å². The second-order valence-corrected chi connectivity index (χ2v) is 5.50. The Morgan fingerprint density at radius 1 is 1.29 bits per heavy atom. The number of pyridine rings is 1. The van der Waals surface area contributed by atoms with Gasteiger partial charge in [-0.05, 0) is 25.3 Å². The molecule has 1 aliphatic carbocycles. The summed E-state index contributed by atoms with van der Waals surface area (Å²) in [6, 6.07) is 4.86. The summed E-state index contributed by atoms with van der Waals surface area (Å²) in [6.45, 7) is 1.35. The number of carbonyl (C=O) groups excluding carboxylic acids is 1. The molecule has 1 amide bonds. The fourth-order valence-corrected chi connectivity index (χ4v) is 2.58. The van der Waals surface area contributed by atoms with Gasteiger partial charge < -0.3 is 14.6 Å². The molecule has 1 N–H and O–H groups in total. The summed E-state index contributed by atoms with van der Waals surface area (Å²) in [4.78, 5) is 23.2. The van der Waals surface area contributed by atoms with Crippen LogP contribution in [0.25, 0.3) is 0 Å². The van der Waals surface area contributed by atoms with Crippen LogP contribution >= 0.6 is 0 Å². The predicted molar refractivity (Wildman–Crippen MR) is 81.2 cm³/mol. The third-order valence-corrected chi connectivity index (χ3v) is 3.76. The summed E-state index contributed by atoms with van der Waals surface area (Å²) in [7, 11) is 0. The van der Waals surface area contributed by atoms with Crippen LogP contribution in [0.2, 0.25) is 0 Å². The Kier molecular flexibility index (Phi) is 6.47. The van der Waals surface area contributed by atoms with Gasteiger partial charge in [-0.2, -0.15) is 0 Å². The number of hydrogen-bond acceptors (Lipinski definition) is 3. The highest BCUT2D eigenvalue weighted by molar-refractivity contribution is 5.75. The van der Waals surface area contributed by atoms with Gasteiger partial charge in [-0.15, -0.1) is 0 Å². The summed E-state index contributed by atoms with van der Waals surface area (Å²) < 4.78 is 7.19. The third kappa shape index (κ3) is 5.71. The maximum Gasteiger partial charge on any atom is 0.250 e. The summed E-state index contributed by atoms with van der Waals surface area (Å²) in [6.07, 6.45) is 9.05. The first-order valence-electron chi connectivity index (χ1n) is 7.79. The topological polar surface area (TPSA) is 60.3 Å². The summed E-state index contributed by atoms with van der Waals surface area (Å²) in [5.41, 5.74) is -0.159. The van der Waals surface area contributed by atoms with Gasteiger partial charge in [0.1, 0.15) is 6.54 Å². The standard InChI is InChI=1S/C16H24N2O3/c19-15(13-18-11-5-4-9-16(18)20)17-10-6-12-21-14-7-2-1-3-8-14/h4-5,9,11,14H,1-3,6-8,10,12-13H2,(H,17,19). The molecule has 1 aromatic heterocycles. The van der Waals surface area contributed by atoms with Crippen molar-refractivity contribution in [1.29, 1.82) is 0 Å². The molecule has 1 heterocycles. The van der Waals surface area contributed by atoms with E-state index in [-0.39, 0.29) is 18.0 Å². The number of rotatable bonds is 7. The zero-order chi connectivity index (χ0) is 14.9. The van der Waals surface area contributed by atoms with Crippen molar-refractivity contribution in [2.75, 3.05) is 13.2 Å². The molecule has 5 nitrogen and oxygen atoms in total. The molecule has 0 saturated heterocycles. The molecular formula is C16H24N2O3. The quantitative estimate of drug-likeness (QED) is 0.778. The third-order valence-electron chi connectivity index (χ3n) is 3.76. The Morgan fingerprint density at radius 2 is 2.10 bits per heavy atom. The lowest BCUT2D eigenvalue weighted by atomic mass is 9.98. The minimum atomic E-state index is -0.159. The van der Waals surface area contributed by atoms with Gasteiger partial charge in [-0.3, -0.25) is 9.59 Å². The van der Waals surface area contributed by atoms with Gasteiger partial charge in [-0.25, -0.2) is 0 Å². The van der Waals surface area contributed by atoms with E-state index in [2.05, 4.69) is 5.32 Å². The summed E-state index contributed by atoms with van der Waals surface area (Å²) >= 11 is 0. The smallest absolute Gasteiger partial charge is 0.250 e. The van der Waals surface area contributed by atoms with Crippen molar-refractivity contribution in [2.24, 2.45) is 0 Å². The van der Waals surface area contributed by atoms with Gasteiger partial charge in [0.25, 0.3) is 5.56 Å². The monoisotopic (exact) mass is 292 g/mol. The van der Waals surface area contributed by atoms with E-state index in [9.17, 15) is 9.59 Å². The van der Waals surface area contributed by atoms with Crippen molar-refractivity contribution in [2.45, 2.75) is 51.2 Å². The van der Waals surface area contributed by atoms with Crippen LogP contribution in [0.15, 0.2) is 29.2 Å². The maximum atomic E-state index is 11.7. The van der Waals surface area contributed by atoms with Gasteiger partial charge in [0.05, 0.1) is 6.10 Å². The van der Waals surface area contributed by atoms with E-state index < -0.39 is 0 Å². The van der Waals surface area contributed by atoms with Crippen LogP contribution in [-0.4, -0.2) is 29.7 Å². The molecule has 0 spiro atoms. The molecule has 0 radical (unpaired) electrons. The van der Waals surface area contributed by atoms with Crippen molar-refractivity contribution in [1.82, 2.24) is 9.88 Å². The normalized spacial score (nSPS) is 15.8. The first-order chi connectivity index (χ1) is 10.3. The van der Waals surface area contributed by atoms with Gasteiger partial charge >= 0.3 is 0 Å². The molecule has 0 aliphatic heterocycles. The maximum absolute atomic E-state index is 11.7. The Labute approximate surface area is 125 Å². The second kappa shape index (κ2) is 8.62.